The fraction of sp³-hybridized carbons (Fsp3) is 0.556. The van der Waals surface area contributed by atoms with Crippen LogP contribution >= 0.6 is 0 Å². The fourth-order valence-corrected chi connectivity index (χ4v) is 1.80. The van der Waals surface area contributed by atoms with Crippen LogP contribution in [-0.4, -0.2) is 44.8 Å². The van der Waals surface area contributed by atoms with Gasteiger partial charge in [-0.1, -0.05) is 0 Å². The van der Waals surface area contributed by atoms with Crippen LogP contribution in [0.15, 0.2) is 18.7 Å². The Labute approximate surface area is 82.0 Å². The molecule has 1 atom stereocenters. The van der Waals surface area contributed by atoms with Crippen molar-refractivity contribution in [2.45, 2.75) is 18.9 Å². The number of hydrogen-bond acceptors (Lipinski definition) is 3. The first kappa shape index (κ1) is 9.21. The molecule has 1 aliphatic heterocycles. The van der Waals surface area contributed by atoms with E-state index in [1.807, 2.05) is 0 Å². The van der Waals surface area contributed by atoms with Crippen molar-refractivity contribution in [1.29, 1.82) is 0 Å². The van der Waals surface area contributed by atoms with Crippen LogP contribution in [0.2, 0.25) is 0 Å². The smallest absolute Gasteiger partial charge is 0.329 e. The van der Waals surface area contributed by atoms with E-state index in [-0.39, 0.29) is 18.7 Å². The molecule has 0 aliphatic carbocycles. The average molecular weight is 195 g/mol. The van der Waals surface area contributed by atoms with Crippen LogP contribution in [0, 0.1) is 0 Å². The summed E-state index contributed by atoms with van der Waals surface area (Å²) in [6.07, 6.45) is 6.52. The van der Waals surface area contributed by atoms with Gasteiger partial charge in [-0.2, -0.15) is 0 Å². The number of aliphatic hydroxyl groups excluding tert-OH is 1. The zero-order valence-corrected chi connectivity index (χ0v) is 7.83. The number of aliphatic hydroxyl groups is 1. The van der Waals surface area contributed by atoms with Crippen LogP contribution in [0.4, 0.5) is 4.79 Å². The zero-order valence-electron chi connectivity index (χ0n) is 7.83. The van der Waals surface area contributed by atoms with Gasteiger partial charge in [-0.05, 0) is 12.8 Å². The highest BCUT2D eigenvalue weighted by Crippen LogP contribution is 2.17. The Kier molecular flexibility index (Phi) is 2.49. The van der Waals surface area contributed by atoms with E-state index < -0.39 is 0 Å². The van der Waals surface area contributed by atoms with Gasteiger partial charge in [0.2, 0.25) is 0 Å². The van der Waals surface area contributed by atoms with Crippen LogP contribution in [0.5, 0.6) is 0 Å². The van der Waals surface area contributed by atoms with Gasteiger partial charge in [-0.15, -0.1) is 0 Å². The summed E-state index contributed by atoms with van der Waals surface area (Å²) < 4.78 is 1.44. The predicted octanol–water partition coefficient (Wildman–Crippen LogP) is 0.308. The Morgan fingerprint density at radius 3 is 3.14 bits per heavy atom. The van der Waals surface area contributed by atoms with Crippen LogP contribution < -0.4 is 0 Å². The molecule has 2 rings (SSSR count). The van der Waals surface area contributed by atoms with E-state index in [0.717, 1.165) is 19.4 Å². The van der Waals surface area contributed by atoms with Gasteiger partial charge in [0.15, 0.2) is 0 Å². The Balaban J connectivity index is 2.11. The molecule has 0 spiro atoms. The molecule has 0 unspecified atom stereocenters. The summed E-state index contributed by atoms with van der Waals surface area (Å²) >= 11 is 0. The summed E-state index contributed by atoms with van der Waals surface area (Å²) in [6, 6.07) is -0.121. The number of carbonyl (C=O) groups is 1. The Hall–Kier alpha value is -1.36. The van der Waals surface area contributed by atoms with Crippen LogP contribution in [-0.2, 0) is 0 Å². The first-order valence-electron chi connectivity index (χ1n) is 4.72. The molecule has 1 aromatic heterocycles. The van der Waals surface area contributed by atoms with Gasteiger partial charge in [-0.25, -0.2) is 9.78 Å². The quantitative estimate of drug-likeness (QED) is 0.701. The second-order valence-corrected chi connectivity index (χ2v) is 3.42. The topological polar surface area (TPSA) is 58.4 Å². The zero-order chi connectivity index (χ0) is 9.97. The molecule has 0 aromatic carbocycles. The number of hydrogen-bond donors (Lipinski definition) is 1. The van der Waals surface area contributed by atoms with Gasteiger partial charge in [-0.3, -0.25) is 4.57 Å². The van der Waals surface area contributed by atoms with Crippen molar-refractivity contribution in [1.82, 2.24) is 14.5 Å². The molecule has 0 radical (unpaired) electrons. The van der Waals surface area contributed by atoms with E-state index in [2.05, 4.69) is 4.98 Å². The third-order valence-electron chi connectivity index (χ3n) is 2.56. The highest BCUT2D eigenvalue weighted by Gasteiger charge is 2.28. The third kappa shape index (κ3) is 1.50. The first-order valence-corrected chi connectivity index (χ1v) is 4.72. The van der Waals surface area contributed by atoms with Crippen molar-refractivity contribution in [2.75, 3.05) is 13.2 Å². The summed E-state index contributed by atoms with van der Waals surface area (Å²) in [5.74, 6) is 0. The van der Waals surface area contributed by atoms with E-state index in [9.17, 15) is 4.79 Å². The standard InChI is InChI=1S/C9H13N3O2/c13-6-8-2-1-4-12(8)9(14)11-5-3-10-7-11/h3,5,7-8,13H,1-2,4,6H2/t8-/m0/s1. The molecule has 1 aromatic rings. The fourth-order valence-electron chi connectivity index (χ4n) is 1.80. The number of amides is 1. The molecular formula is C9H13N3O2. The second-order valence-electron chi connectivity index (χ2n) is 3.42. The molecule has 1 fully saturated rings. The van der Waals surface area contributed by atoms with Gasteiger partial charge in [0, 0.05) is 18.9 Å². The van der Waals surface area contributed by atoms with E-state index >= 15 is 0 Å². The van der Waals surface area contributed by atoms with Crippen molar-refractivity contribution in [2.24, 2.45) is 0 Å². The number of likely N-dealkylation sites (tertiary alicyclic amines) is 1. The van der Waals surface area contributed by atoms with Crippen molar-refractivity contribution in [3.05, 3.63) is 18.7 Å². The van der Waals surface area contributed by atoms with Crippen LogP contribution in [0.3, 0.4) is 0 Å². The largest absolute Gasteiger partial charge is 0.394 e. The Bertz CT molecular complexity index is 310. The minimum Gasteiger partial charge on any atom is -0.394 e. The van der Waals surface area contributed by atoms with Gasteiger partial charge in [0.05, 0.1) is 12.6 Å². The monoisotopic (exact) mass is 195 g/mol. The number of carbonyl (C=O) groups excluding carboxylic acids is 1. The van der Waals surface area contributed by atoms with Gasteiger partial charge >= 0.3 is 6.03 Å². The van der Waals surface area contributed by atoms with Crippen LogP contribution in [0.25, 0.3) is 0 Å². The number of nitrogens with zero attached hydrogens (tertiary/aromatic N) is 3. The van der Waals surface area contributed by atoms with Crippen molar-refractivity contribution in [3.8, 4) is 0 Å². The molecular weight excluding hydrogens is 182 g/mol. The highest BCUT2D eigenvalue weighted by atomic mass is 16.3. The maximum absolute atomic E-state index is 11.8. The van der Waals surface area contributed by atoms with Crippen molar-refractivity contribution in [3.63, 3.8) is 0 Å². The lowest BCUT2D eigenvalue weighted by Gasteiger charge is -2.22. The number of imidazole rings is 1. The van der Waals surface area contributed by atoms with Gasteiger partial charge < -0.3 is 10.0 Å². The molecule has 1 aliphatic rings. The molecule has 2 heterocycles. The van der Waals surface area contributed by atoms with Gasteiger partial charge in [0.25, 0.3) is 0 Å². The molecule has 1 N–H and O–H groups in total. The van der Waals surface area contributed by atoms with E-state index in [4.69, 9.17) is 5.11 Å². The maximum Gasteiger partial charge on any atom is 0.329 e. The molecule has 14 heavy (non-hydrogen) atoms. The van der Waals surface area contributed by atoms with E-state index in [0.29, 0.717) is 0 Å². The van der Waals surface area contributed by atoms with Crippen molar-refractivity contribution < 1.29 is 9.90 Å². The van der Waals surface area contributed by atoms with Gasteiger partial charge in [0.1, 0.15) is 6.33 Å². The first-order chi connectivity index (χ1) is 6.83. The Morgan fingerprint density at radius 1 is 1.64 bits per heavy atom. The molecule has 0 bridgehead atoms. The highest BCUT2D eigenvalue weighted by molar-refractivity contribution is 5.77. The van der Waals surface area contributed by atoms with E-state index in [1.165, 1.54) is 10.9 Å². The number of aromatic nitrogens is 2. The lowest BCUT2D eigenvalue weighted by atomic mass is 10.2. The minimum absolute atomic E-state index is 0.0232. The summed E-state index contributed by atoms with van der Waals surface area (Å²) in [5.41, 5.74) is 0. The molecule has 1 amide bonds. The average Bonchev–Trinajstić information content (AvgIpc) is 2.87. The van der Waals surface area contributed by atoms with E-state index in [1.54, 1.807) is 17.3 Å². The minimum atomic E-state index is -0.0981. The van der Waals surface area contributed by atoms with Crippen molar-refractivity contribution >= 4 is 6.03 Å². The lowest BCUT2D eigenvalue weighted by molar-refractivity contribution is 0.158. The number of rotatable bonds is 1. The summed E-state index contributed by atoms with van der Waals surface area (Å²) in [4.78, 5) is 17.3. The molecule has 1 saturated heterocycles. The normalized spacial score (nSPS) is 21.5. The SMILES string of the molecule is O=C(N1CCC[C@H]1CO)n1ccnc1. The predicted molar refractivity (Wildman–Crippen MR) is 49.8 cm³/mol. The van der Waals surface area contributed by atoms with Crippen LogP contribution in [0.1, 0.15) is 12.8 Å². The summed E-state index contributed by atoms with van der Waals surface area (Å²) in [6.45, 7) is 0.767. The second kappa shape index (κ2) is 3.79. The third-order valence-corrected chi connectivity index (χ3v) is 2.56. The molecule has 76 valence electrons. The Morgan fingerprint density at radius 2 is 2.50 bits per heavy atom. The summed E-state index contributed by atoms with van der Waals surface area (Å²) in [7, 11) is 0. The molecule has 0 saturated carbocycles. The molecule has 5 nitrogen and oxygen atoms in total. The molecule has 5 heteroatoms. The lowest BCUT2D eigenvalue weighted by Crippen LogP contribution is -2.39. The summed E-state index contributed by atoms with van der Waals surface area (Å²) in [5, 5.41) is 9.06. The maximum atomic E-state index is 11.8.